The number of hydrogen-bond acceptors (Lipinski definition) is 4. The Balaban J connectivity index is 1.55. The van der Waals surface area contributed by atoms with Gasteiger partial charge in [0.15, 0.2) is 0 Å². The summed E-state index contributed by atoms with van der Waals surface area (Å²) in [6.45, 7) is 0.883. The summed E-state index contributed by atoms with van der Waals surface area (Å²) in [5.41, 5.74) is 2.84. The maximum absolute atomic E-state index is 13.0. The molecule has 1 aliphatic rings. The maximum atomic E-state index is 13.0. The molecule has 0 atom stereocenters. The predicted octanol–water partition coefficient (Wildman–Crippen LogP) is 6.32. The monoisotopic (exact) mass is 451 g/mol. The van der Waals surface area contributed by atoms with Crippen LogP contribution in [-0.4, -0.2) is 15.1 Å². The molecular weight excluding hydrogens is 434 g/mol. The van der Waals surface area contributed by atoms with Gasteiger partial charge in [0.2, 0.25) is 0 Å². The second-order valence-electron chi connectivity index (χ2n) is 6.71. The third-order valence-electron chi connectivity index (χ3n) is 4.55. The number of rotatable bonds is 6. The van der Waals surface area contributed by atoms with Crippen molar-refractivity contribution in [1.29, 1.82) is 0 Å². The minimum absolute atomic E-state index is 0.108. The van der Waals surface area contributed by atoms with E-state index >= 15 is 0 Å². The molecule has 3 aromatic carbocycles. The van der Waals surface area contributed by atoms with E-state index in [0.29, 0.717) is 33.1 Å². The summed E-state index contributed by atoms with van der Waals surface area (Å²) in [5, 5.41) is 0.577. The molecule has 1 amide bonds. The molecule has 0 bridgehead atoms. The summed E-state index contributed by atoms with van der Waals surface area (Å²) in [6.07, 6.45) is 1.80. The summed E-state index contributed by atoms with van der Waals surface area (Å²) in [7, 11) is 0. The molecule has 0 aromatic heterocycles. The van der Waals surface area contributed by atoms with Crippen LogP contribution in [0.15, 0.2) is 83.8 Å². The molecule has 1 heterocycles. The fourth-order valence-electron chi connectivity index (χ4n) is 3.04. The third kappa shape index (κ3) is 4.93. The summed E-state index contributed by atoms with van der Waals surface area (Å²) in [4.78, 5) is 15.2. The van der Waals surface area contributed by atoms with Crippen molar-refractivity contribution in [1.82, 2.24) is 4.90 Å². The smallest absolute Gasteiger partial charge is 0.266 e. The van der Waals surface area contributed by atoms with Crippen LogP contribution in [0.3, 0.4) is 0 Å². The first-order chi connectivity index (χ1) is 14.6. The van der Waals surface area contributed by atoms with Crippen molar-refractivity contribution in [2.24, 2.45) is 0 Å². The number of nitrogens with zero attached hydrogens (tertiary/aromatic N) is 1. The molecule has 1 aliphatic heterocycles. The molecule has 0 N–H and O–H groups in total. The van der Waals surface area contributed by atoms with E-state index in [4.69, 9.17) is 28.6 Å². The Morgan fingerprint density at radius 1 is 0.967 bits per heavy atom. The van der Waals surface area contributed by atoms with Crippen molar-refractivity contribution in [2.45, 2.75) is 13.2 Å². The molecule has 0 aliphatic carbocycles. The third-order valence-corrected chi connectivity index (χ3v) is 6.17. The zero-order valence-corrected chi connectivity index (χ0v) is 18.3. The fourth-order valence-corrected chi connectivity index (χ4v) is 4.47. The molecule has 0 spiro atoms. The highest BCUT2D eigenvalue weighted by atomic mass is 35.5. The Bertz CT molecular complexity index is 1100. The maximum Gasteiger partial charge on any atom is 0.266 e. The second-order valence-corrected chi connectivity index (χ2v) is 8.82. The molecule has 30 heavy (non-hydrogen) atoms. The van der Waals surface area contributed by atoms with Gasteiger partial charge in [-0.15, -0.1) is 0 Å². The topological polar surface area (TPSA) is 29.5 Å². The number of benzene rings is 3. The summed E-state index contributed by atoms with van der Waals surface area (Å²) >= 11 is 13.0. The van der Waals surface area contributed by atoms with Crippen LogP contribution in [0.25, 0.3) is 6.08 Å². The first kappa shape index (κ1) is 20.7. The highest BCUT2D eigenvalue weighted by Crippen LogP contribution is 2.36. The normalized spacial score (nSPS) is 15.1. The van der Waals surface area contributed by atoms with Crippen LogP contribution in [0.4, 0.5) is 0 Å². The van der Waals surface area contributed by atoms with Gasteiger partial charge < -0.3 is 4.74 Å². The molecule has 3 aromatic rings. The van der Waals surface area contributed by atoms with Gasteiger partial charge in [0.1, 0.15) is 16.7 Å². The largest absolute Gasteiger partial charge is 0.488 e. The molecule has 6 heteroatoms. The van der Waals surface area contributed by atoms with Gasteiger partial charge in [-0.1, -0.05) is 96.2 Å². The van der Waals surface area contributed by atoms with Gasteiger partial charge in [-0.05, 0) is 35.4 Å². The number of thioether (sulfide) groups is 1. The number of carbonyl (C=O) groups excluding carboxylic acids is 1. The molecule has 3 nitrogen and oxygen atoms in total. The zero-order valence-electron chi connectivity index (χ0n) is 16.0. The van der Waals surface area contributed by atoms with Gasteiger partial charge >= 0.3 is 0 Å². The van der Waals surface area contributed by atoms with Crippen molar-refractivity contribution in [3.8, 4) is 5.75 Å². The molecule has 150 valence electrons. The Morgan fingerprint density at radius 3 is 2.33 bits per heavy atom. The number of hydrogen-bond donors (Lipinski definition) is 0. The summed E-state index contributed by atoms with van der Waals surface area (Å²) < 4.78 is 6.55. The van der Waals surface area contributed by atoms with Crippen LogP contribution in [0.2, 0.25) is 5.02 Å². The minimum atomic E-state index is -0.108. The Morgan fingerprint density at radius 2 is 1.63 bits per heavy atom. The van der Waals surface area contributed by atoms with Crippen molar-refractivity contribution in [2.75, 3.05) is 0 Å². The van der Waals surface area contributed by atoms with Crippen LogP contribution in [0.1, 0.15) is 16.7 Å². The first-order valence-electron chi connectivity index (χ1n) is 9.36. The molecule has 0 radical (unpaired) electrons. The van der Waals surface area contributed by atoms with Gasteiger partial charge in [0, 0.05) is 10.6 Å². The van der Waals surface area contributed by atoms with E-state index < -0.39 is 0 Å². The summed E-state index contributed by atoms with van der Waals surface area (Å²) in [5.74, 6) is 0.555. The molecule has 0 unspecified atom stereocenters. The number of ether oxygens (including phenoxy) is 1. The lowest BCUT2D eigenvalue weighted by atomic mass is 10.1. The van der Waals surface area contributed by atoms with E-state index in [2.05, 4.69) is 0 Å². The molecular formula is C24H18ClNO2S2. The number of amides is 1. The van der Waals surface area contributed by atoms with Gasteiger partial charge in [-0.3, -0.25) is 9.69 Å². The quantitative estimate of drug-likeness (QED) is 0.324. The Kier molecular flexibility index (Phi) is 6.53. The van der Waals surface area contributed by atoms with E-state index in [0.717, 1.165) is 16.7 Å². The van der Waals surface area contributed by atoms with E-state index in [1.54, 1.807) is 23.1 Å². The van der Waals surface area contributed by atoms with E-state index in [9.17, 15) is 4.79 Å². The van der Waals surface area contributed by atoms with Crippen LogP contribution >= 0.6 is 35.6 Å². The first-order valence-corrected chi connectivity index (χ1v) is 11.0. The lowest BCUT2D eigenvalue weighted by Gasteiger charge is -2.14. The second kappa shape index (κ2) is 9.47. The zero-order chi connectivity index (χ0) is 20.9. The van der Waals surface area contributed by atoms with Crippen LogP contribution < -0.4 is 4.74 Å². The van der Waals surface area contributed by atoms with Crippen molar-refractivity contribution < 1.29 is 9.53 Å². The van der Waals surface area contributed by atoms with Crippen LogP contribution in [-0.2, 0) is 17.9 Å². The Hall–Kier alpha value is -2.60. The van der Waals surface area contributed by atoms with Gasteiger partial charge in [-0.25, -0.2) is 0 Å². The molecule has 1 saturated heterocycles. The molecule has 0 saturated carbocycles. The fraction of sp³-hybridized carbons (Fsp3) is 0.0833. The molecule has 1 fully saturated rings. The van der Waals surface area contributed by atoms with Gasteiger partial charge in [0.25, 0.3) is 5.91 Å². The number of carbonyl (C=O) groups is 1. The SMILES string of the molecule is O=C1C(=Cc2cc(Cl)ccc2OCc2ccccc2)SC(=S)N1Cc1ccccc1. The minimum Gasteiger partial charge on any atom is -0.488 e. The van der Waals surface area contributed by atoms with Crippen molar-refractivity contribution in [3.05, 3.63) is 105 Å². The van der Waals surface area contributed by atoms with E-state index in [1.165, 1.54) is 11.8 Å². The standard InChI is InChI=1S/C24H18ClNO2S2/c25-20-11-12-21(28-16-18-9-5-2-6-10-18)19(13-20)14-22-23(27)26(24(29)30-22)15-17-7-3-1-4-8-17/h1-14H,15-16H2. The highest BCUT2D eigenvalue weighted by Gasteiger charge is 2.32. The highest BCUT2D eigenvalue weighted by molar-refractivity contribution is 8.26. The lowest BCUT2D eigenvalue weighted by Crippen LogP contribution is -2.27. The average molecular weight is 452 g/mol. The predicted molar refractivity (Wildman–Crippen MR) is 127 cm³/mol. The van der Waals surface area contributed by atoms with Gasteiger partial charge in [0.05, 0.1) is 11.4 Å². The Labute approximate surface area is 190 Å². The van der Waals surface area contributed by atoms with Crippen LogP contribution in [0, 0.1) is 0 Å². The number of halogens is 1. The van der Waals surface area contributed by atoms with E-state index in [-0.39, 0.29) is 5.91 Å². The van der Waals surface area contributed by atoms with Crippen LogP contribution in [0.5, 0.6) is 5.75 Å². The van der Waals surface area contributed by atoms with Crippen molar-refractivity contribution >= 4 is 51.9 Å². The molecule has 4 rings (SSSR count). The summed E-state index contributed by atoms with van der Waals surface area (Å²) in [6, 6.07) is 25.1. The average Bonchev–Trinajstić information content (AvgIpc) is 3.02. The van der Waals surface area contributed by atoms with Gasteiger partial charge in [-0.2, -0.15) is 0 Å². The van der Waals surface area contributed by atoms with Crippen molar-refractivity contribution in [3.63, 3.8) is 0 Å². The lowest BCUT2D eigenvalue weighted by molar-refractivity contribution is -0.122. The number of thiocarbonyl (C=S) groups is 1. The van der Waals surface area contributed by atoms with E-state index in [1.807, 2.05) is 66.7 Å².